The van der Waals surface area contributed by atoms with E-state index >= 15 is 0 Å². The van der Waals surface area contributed by atoms with Gasteiger partial charge in [0, 0.05) is 0 Å². The van der Waals surface area contributed by atoms with Crippen LogP contribution in [-0.2, 0) is 25.3 Å². The van der Waals surface area contributed by atoms with E-state index in [1.54, 1.807) is 0 Å². The van der Waals surface area contributed by atoms with Crippen LogP contribution in [0, 0.1) is 5.41 Å². The molecule has 0 radical (unpaired) electrons. The van der Waals surface area contributed by atoms with Gasteiger partial charge >= 0.3 is 13.1 Å². The Labute approximate surface area is 158 Å². The molecule has 0 aromatic heterocycles. The van der Waals surface area contributed by atoms with Crippen LogP contribution in [0.25, 0.3) is 0 Å². The third kappa shape index (κ3) is 4.69. The van der Waals surface area contributed by atoms with Crippen molar-refractivity contribution in [2.24, 2.45) is 5.41 Å². The minimum atomic E-state index is -0.567. The SMILES string of the molecule is CCCCOC(=O)C(C)(C)Cc1cccc(B2OC(C)(C)C(C)(C)O2)c1. The first-order chi connectivity index (χ1) is 12.0. The first-order valence-corrected chi connectivity index (χ1v) is 9.60. The molecular formula is C21H33BO4. The molecule has 0 bridgehead atoms. The quantitative estimate of drug-likeness (QED) is 0.420. The molecule has 1 aliphatic heterocycles. The molecule has 144 valence electrons. The zero-order chi connectivity index (χ0) is 19.6. The summed E-state index contributed by atoms with van der Waals surface area (Å²) in [6.45, 7) is 14.6. The van der Waals surface area contributed by atoms with E-state index in [-0.39, 0.29) is 24.3 Å². The van der Waals surface area contributed by atoms with Crippen molar-refractivity contribution >= 4 is 18.6 Å². The van der Waals surface area contributed by atoms with Crippen molar-refractivity contribution in [1.82, 2.24) is 0 Å². The van der Waals surface area contributed by atoms with Crippen molar-refractivity contribution in [3.8, 4) is 0 Å². The largest absolute Gasteiger partial charge is 0.494 e. The molecule has 1 aromatic carbocycles. The monoisotopic (exact) mass is 360 g/mol. The van der Waals surface area contributed by atoms with Gasteiger partial charge in [-0.25, -0.2) is 0 Å². The molecule has 1 saturated heterocycles. The molecule has 5 heteroatoms. The van der Waals surface area contributed by atoms with Crippen molar-refractivity contribution in [1.29, 1.82) is 0 Å². The highest BCUT2D eigenvalue weighted by Gasteiger charge is 2.51. The molecule has 1 heterocycles. The van der Waals surface area contributed by atoms with Crippen LogP contribution in [0.2, 0.25) is 0 Å². The van der Waals surface area contributed by atoms with Crippen molar-refractivity contribution in [2.45, 2.75) is 78.9 Å². The number of hydrogen-bond acceptors (Lipinski definition) is 4. The lowest BCUT2D eigenvalue weighted by atomic mass is 9.76. The van der Waals surface area contributed by atoms with E-state index in [0.29, 0.717) is 13.0 Å². The molecule has 0 atom stereocenters. The van der Waals surface area contributed by atoms with E-state index in [4.69, 9.17) is 14.0 Å². The van der Waals surface area contributed by atoms with Gasteiger partial charge in [-0.2, -0.15) is 0 Å². The van der Waals surface area contributed by atoms with Gasteiger partial charge in [0.05, 0.1) is 23.2 Å². The van der Waals surface area contributed by atoms with E-state index in [1.807, 2.05) is 59.7 Å². The summed E-state index contributed by atoms with van der Waals surface area (Å²) >= 11 is 0. The van der Waals surface area contributed by atoms with Gasteiger partial charge in [0.2, 0.25) is 0 Å². The molecule has 4 nitrogen and oxygen atoms in total. The zero-order valence-corrected chi connectivity index (χ0v) is 17.3. The fraction of sp³-hybridized carbons (Fsp3) is 0.667. The lowest BCUT2D eigenvalue weighted by Crippen LogP contribution is -2.41. The van der Waals surface area contributed by atoms with Gasteiger partial charge in [-0.1, -0.05) is 37.6 Å². The highest BCUT2D eigenvalue weighted by atomic mass is 16.7. The maximum absolute atomic E-state index is 12.4. The van der Waals surface area contributed by atoms with Crippen molar-refractivity contribution < 1.29 is 18.8 Å². The van der Waals surface area contributed by atoms with Crippen LogP contribution in [0.5, 0.6) is 0 Å². The average molecular weight is 360 g/mol. The minimum Gasteiger partial charge on any atom is -0.465 e. The summed E-state index contributed by atoms with van der Waals surface area (Å²) in [5, 5.41) is 0. The van der Waals surface area contributed by atoms with Gasteiger partial charge in [0.15, 0.2) is 0 Å². The molecule has 0 N–H and O–H groups in total. The molecule has 26 heavy (non-hydrogen) atoms. The highest BCUT2D eigenvalue weighted by molar-refractivity contribution is 6.62. The molecule has 0 saturated carbocycles. The van der Waals surface area contributed by atoms with Gasteiger partial charge in [-0.05, 0) is 65.4 Å². The van der Waals surface area contributed by atoms with Gasteiger partial charge in [-0.3, -0.25) is 4.79 Å². The second-order valence-electron chi connectivity index (χ2n) is 8.88. The Balaban J connectivity index is 2.09. The third-order valence-electron chi connectivity index (χ3n) is 5.41. The summed E-state index contributed by atoms with van der Waals surface area (Å²) in [7, 11) is -0.389. The number of hydrogen-bond donors (Lipinski definition) is 0. The maximum Gasteiger partial charge on any atom is 0.494 e. The Morgan fingerprint density at radius 3 is 2.35 bits per heavy atom. The average Bonchev–Trinajstić information content (AvgIpc) is 2.75. The van der Waals surface area contributed by atoms with Crippen molar-refractivity contribution in [3.63, 3.8) is 0 Å². The predicted molar refractivity (Wildman–Crippen MR) is 106 cm³/mol. The molecule has 1 aromatic rings. The molecule has 0 amide bonds. The molecular weight excluding hydrogens is 327 g/mol. The summed E-state index contributed by atoms with van der Waals surface area (Å²) in [5.41, 5.74) is 0.764. The molecule has 2 rings (SSSR count). The van der Waals surface area contributed by atoms with Crippen LogP contribution in [0.3, 0.4) is 0 Å². The summed E-state index contributed by atoms with van der Waals surface area (Å²) in [6.07, 6.45) is 2.54. The van der Waals surface area contributed by atoms with Crippen LogP contribution in [0.4, 0.5) is 0 Å². The van der Waals surface area contributed by atoms with Crippen LogP contribution >= 0.6 is 0 Å². The Kier molecular flexibility index (Phi) is 6.24. The lowest BCUT2D eigenvalue weighted by Gasteiger charge is -2.32. The Morgan fingerprint density at radius 1 is 1.15 bits per heavy atom. The standard InChI is InChI=1S/C21H33BO4/c1-8-9-13-24-18(23)19(2,3)15-16-11-10-12-17(14-16)22-25-20(4,5)21(6,7)26-22/h10-12,14H,8-9,13,15H2,1-7H3. The van der Waals surface area contributed by atoms with E-state index in [0.717, 1.165) is 23.9 Å². The minimum absolute atomic E-state index is 0.146. The topological polar surface area (TPSA) is 44.8 Å². The van der Waals surface area contributed by atoms with Crippen LogP contribution in [0.15, 0.2) is 24.3 Å². The third-order valence-corrected chi connectivity index (χ3v) is 5.41. The Bertz CT molecular complexity index is 621. The number of ether oxygens (including phenoxy) is 1. The molecule has 1 fully saturated rings. The van der Waals surface area contributed by atoms with Gasteiger partial charge in [0.1, 0.15) is 0 Å². The van der Waals surface area contributed by atoms with E-state index < -0.39 is 5.41 Å². The van der Waals surface area contributed by atoms with Gasteiger partial charge < -0.3 is 14.0 Å². The number of unbranched alkanes of at least 4 members (excludes halogenated alkanes) is 1. The normalized spacial score (nSPS) is 18.8. The number of rotatable bonds is 7. The molecule has 0 spiro atoms. The van der Waals surface area contributed by atoms with Crippen molar-refractivity contribution in [2.75, 3.05) is 6.61 Å². The second-order valence-corrected chi connectivity index (χ2v) is 8.88. The lowest BCUT2D eigenvalue weighted by molar-refractivity contribution is -0.154. The zero-order valence-electron chi connectivity index (χ0n) is 17.3. The van der Waals surface area contributed by atoms with Crippen LogP contribution < -0.4 is 5.46 Å². The summed E-state index contributed by atoms with van der Waals surface area (Å²) in [5.74, 6) is -0.146. The van der Waals surface area contributed by atoms with E-state index in [1.165, 1.54) is 0 Å². The number of benzene rings is 1. The van der Waals surface area contributed by atoms with Crippen molar-refractivity contribution in [3.05, 3.63) is 29.8 Å². The number of esters is 1. The summed E-state index contributed by atoms with van der Waals surface area (Å²) in [6, 6.07) is 8.12. The highest BCUT2D eigenvalue weighted by Crippen LogP contribution is 2.36. The van der Waals surface area contributed by atoms with E-state index in [2.05, 4.69) is 13.0 Å². The Morgan fingerprint density at radius 2 is 1.77 bits per heavy atom. The fourth-order valence-corrected chi connectivity index (χ4v) is 2.92. The molecule has 0 unspecified atom stereocenters. The summed E-state index contributed by atoms with van der Waals surface area (Å²) in [4.78, 5) is 12.4. The smallest absolute Gasteiger partial charge is 0.465 e. The molecule has 1 aliphatic rings. The van der Waals surface area contributed by atoms with Crippen LogP contribution in [0.1, 0.15) is 66.9 Å². The maximum atomic E-state index is 12.4. The number of carbonyl (C=O) groups excluding carboxylic acids is 1. The second kappa shape index (κ2) is 7.73. The molecule has 0 aliphatic carbocycles. The van der Waals surface area contributed by atoms with Gasteiger partial charge in [0.25, 0.3) is 0 Å². The van der Waals surface area contributed by atoms with Crippen LogP contribution in [-0.4, -0.2) is 30.9 Å². The number of carbonyl (C=O) groups is 1. The first kappa shape index (κ1) is 21.0. The van der Waals surface area contributed by atoms with Gasteiger partial charge in [-0.15, -0.1) is 0 Å². The van der Waals surface area contributed by atoms with E-state index in [9.17, 15) is 4.79 Å². The fourth-order valence-electron chi connectivity index (χ4n) is 2.92. The Hall–Kier alpha value is -1.33. The summed E-state index contributed by atoms with van der Waals surface area (Å²) < 4.78 is 17.7. The predicted octanol–water partition coefficient (Wildman–Crippen LogP) is 3.90. The first-order valence-electron chi connectivity index (χ1n) is 9.60.